The SMILES string of the molecule is OCc1ccc([C@@H]2[C@@H](CCC(O)c3ccc(F)cc3)OC(=S)N2c2ccccc2)c(O)c1. The van der Waals surface area contributed by atoms with Crippen molar-refractivity contribution in [3.05, 3.63) is 95.3 Å². The highest BCUT2D eigenvalue weighted by Crippen LogP contribution is 2.43. The zero-order chi connectivity index (χ0) is 22.7. The number of phenols is 1. The van der Waals surface area contributed by atoms with Crippen molar-refractivity contribution in [3.8, 4) is 5.75 Å². The first-order chi connectivity index (χ1) is 15.5. The van der Waals surface area contributed by atoms with Crippen LogP contribution in [0.15, 0.2) is 72.8 Å². The van der Waals surface area contributed by atoms with Crippen LogP contribution in [0.3, 0.4) is 0 Å². The number of aliphatic hydroxyl groups is 2. The van der Waals surface area contributed by atoms with Crippen molar-refractivity contribution in [2.24, 2.45) is 0 Å². The van der Waals surface area contributed by atoms with Gasteiger partial charge in [0.2, 0.25) is 0 Å². The lowest BCUT2D eigenvalue weighted by atomic mass is 9.93. The fourth-order valence-corrected chi connectivity index (χ4v) is 4.40. The van der Waals surface area contributed by atoms with Crippen LogP contribution in [0, 0.1) is 5.82 Å². The third-order valence-electron chi connectivity index (χ3n) is 5.69. The van der Waals surface area contributed by atoms with Gasteiger partial charge in [-0.3, -0.25) is 4.90 Å². The molecule has 0 spiro atoms. The van der Waals surface area contributed by atoms with Crippen molar-refractivity contribution in [1.29, 1.82) is 0 Å². The van der Waals surface area contributed by atoms with Gasteiger partial charge in [0.15, 0.2) is 0 Å². The van der Waals surface area contributed by atoms with Gasteiger partial charge in [0.1, 0.15) is 23.7 Å². The molecule has 5 nitrogen and oxygen atoms in total. The summed E-state index contributed by atoms with van der Waals surface area (Å²) in [5, 5.41) is 31.0. The van der Waals surface area contributed by atoms with Gasteiger partial charge in [0.25, 0.3) is 5.17 Å². The number of phenolic OH excluding ortho intramolecular Hbond substituents is 1. The van der Waals surface area contributed by atoms with Gasteiger partial charge < -0.3 is 20.1 Å². The second kappa shape index (κ2) is 9.65. The lowest BCUT2D eigenvalue weighted by Crippen LogP contribution is -2.29. The number of anilines is 1. The van der Waals surface area contributed by atoms with Gasteiger partial charge in [-0.1, -0.05) is 42.5 Å². The Morgan fingerprint density at radius 1 is 1.03 bits per heavy atom. The molecule has 1 heterocycles. The first-order valence-electron chi connectivity index (χ1n) is 10.4. The van der Waals surface area contributed by atoms with Crippen LogP contribution < -0.4 is 4.90 Å². The minimum Gasteiger partial charge on any atom is -0.508 e. The van der Waals surface area contributed by atoms with Crippen molar-refractivity contribution >= 4 is 23.1 Å². The number of hydrogen-bond acceptors (Lipinski definition) is 5. The molecule has 1 aliphatic rings. The zero-order valence-corrected chi connectivity index (χ0v) is 18.1. The van der Waals surface area contributed by atoms with Crippen LogP contribution in [-0.2, 0) is 11.3 Å². The molecule has 32 heavy (non-hydrogen) atoms. The number of thiocarbonyl (C=S) groups is 1. The normalized spacial score (nSPS) is 19.1. The number of benzene rings is 3. The van der Waals surface area contributed by atoms with E-state index in [4.69, 9.17) is 17.0 Å². The molecule has 1 aliphatic heterocycles. The molecule has 0 saturated carbocycles. The second-order valence-electron chi connectivity index (χ2n) is 7.77. The number of nitrogens with zero attached hydrogens (tertiary/aromatic N) is 1. The number of hydrogen-bond donors (Lipinski definition) is 3. The molecule has 3 aromatic carbocycles. The van der Waals surface area contributed by atoms with Gasteiger partial charge in [-0.15, -0.1) is 0 Å². The molecule has 4 rings (SSSR count). The van der Waals surface area contributed by atoms with Crippen LogP contribution in [0.4, 0.5) is 10.1 Å². The number of halogens is 1. The maximum absolute atomic E-state index is 13.2. The molecule has 7 heteroatoms. The van der Waals surface area contributed by atoms with E-state index in [1.165, 1.54) is 18.2 Å². The summed E-state index contributed by atoms with van der Waals surface area (Å²) in [6, 6.07) is 19.9. The molecule has 0 radical (unpaired) electrons. The van der Waals surface area contributed by atoms with Gasteiger partial charge in [0, 0.05) is 11.3 Å². The van der Waals surface area contributed by atoms with E-state index in [1.54, 1.807) is 24.3 Å². The Labute approximate surface area is 191 Å². The molecule has 0 amide bonds. The highest BCUT2D eigenvalue weighted by molar-refractivity contribution is 7.80. The molecule has 3 atom stereocenters. The number of aromatic hydroxyl groups is 1. The third-order valence-corrected chi connectivity index (χ3v) is 5.98. The Balaban J connectivity index is 1.63. The molecule has 1 fully saturated rings. The molecule has 1 unspecified atom stereocenters. The third kappa shape index (κ3) is 4.60. The van der Waals surface area contributed by atoms with Gasteiger partial charge in [-0.2, -0.15) is 0 Å². The molecule has 1 saturated heterocycles. The predicted molar refractivity (Wildman–Crippen MR) is 124 cm³/mol. The maximum atomic E-state index is 13.2. The first kappa shape index (κ1) is 22.2. The molecule has 0 aliphatic carbocycles. The highest BCUT2D eigenvalue weighted by Gasteiger charge is 2.42. The van der Waals surface area contributed by atoms with Crippen molar-refractivity contribution in [2.45, 2.75) is 37.7 Å². The van der Waals surface area contributed by atoms with Gasteiger partial charge in [-0.25, -0.2) is 4.39 Å². The van der Waals surface area contributed by atoms with Crippen molar-refractivity contribution in [3.63, 3.8) is 0 Å². The molecule has 3 N–H and O–H groups in total. The average molecular weight is 454 g/mol. The van der Waals surface area contributed by atoms with E-state index in [1.807, 2.05) is 35.2 Å². The summed E-state index contributed by atoms with van der Waals surface area (Å²) < 4.78 is 19.2. The summed E-state index contributed by atoms with van der Waals surface area (Å²) in [5.41, 5.74) is 2.67. The number of rotatable bonds is 7. The zero-order valence-electron chi connectivity index (χ0n) is 17.3. The van der Waals surface area contributed by atoms with Crippen molar-refractivity contribution in [2.75, 3.05) is 4.90 Å². The van der Waals surface area contributed by atoms with Crippen molar-refractivity contribution < 1.29 is 24.4 Å². The fraction of sp³-hybridized carbons (Fsp3) is 0.240. The molecule has 166 valence electrons. The summed E-state index contributed by atoms with van der Waals surface area (Å²) in [6.45, 7) is -0.177. The second-order valence-corrected chi connectivity index (χ2v) is 8.12. The van der Waals surface area contributed by atoms with E-state index in [0.29, 0.717) is 29.5 Å². The van der Waals surface area contributed by atoms with Gasteiger partial charge >= 0.3 is 0 Å². The van der Waals surface area contributed by atoms with Crippen molar-refractivity contribution in [1.82, 2.24) is 0 Å². The lowest BCUT2D eigenvalue weighted by Gasteiger charge is -2.27. The quantitative estimate of drug-likeness (QED) is 0.448. The fourth-order valence-electron chi connectivity index (χ4n) is 4.05. The minimum atomic E-state index is -0.787. The number of para-hydroxylation sites is 1. The monoisotopic (exact) mass is 453 g/mol. The Morgan fingerprint density at radius 2 is 1.75 bits per heavy atom. The predicted octanol–water partition coefficient (Wildman–Crippen LogP) is 4.77. The Kier molecular flexibility index (Phi) is 6.69. The van der Waals surface area contributed by atoms with Crippen LogP contribution >= 0.6 is 12.2 Å². The Bertz CT molecular complexity index is 1080. The van der Waals surface area contributed by atoms with E-state index in [-0.39, 0.29) is 23.3 Å². The maximum Gasteiger partial charge on any atom is 0.264 e. The largest absolute Gasteiger partial charge is 0.508 e. The van der Waals surface area contributed by atoms with Gasteiger partial charge in [0.05, 0.1) is 12.7 Å². The Hall–Kier alpha value is -3.00. The summed E-state index contributed by atoms with van der Waals surface area (Å²) in [5.74, 6) is -0.314. The molecule has 0 bridgehead atoms. The lowest BCUT2D eigenvalue weighted by molar-refractivity contribution is 0.126. The van der Waals surface area contributed by atoms with Crippen LogP contribution in [0.2, 0.25) is 0 Å². The number of aliphatic hydroxyl groups excluding tert-OH is 2. The van der Waals surface area contributed by atoms with Gasteiger partial charge in [-0.05, 0) is 66.5 Å². The topological polar surface area (TPSA) is 73.2 Å². The Morgan fingerprint density at radius 3 is 2.41 bits per heavy atom. The summed E-state index contributed by atoms with van der Waals surface area (Å²) in [4.78, 5) is 1.86. The molecule has 0 aromatic heterocycles. The smallest absolute Gasteiger partial charge is 0.264 e. The molecular formula is C25H24FNO4S. The van der Waals surface area contributed by atoms with E-state index in [9.17, 15) is 19.7 Å². The summed E-state index contributed by atoms with van der Waals surface area (Å²) >= 11 is 5.53. The van der Waals surface area contributed by atoms with E-state index >= 15 is 0 Å². The van der Waals surface area contributed by atoms with Crippen LogP contribution in [0.5, 0.6) is 5.75 Å². The molecule has 3 aromatic rings. The highest BCUT2D eigenvalue weighted by atomic mass is 32.1. The average Bonchev–Trinajstić information content (AvgIpc) is 3.14. The minimum absolute atomic E-state index is 0.0415. The molecular weight excluding hydrogens is 429 g/mol. The van der Waals surface area contributed by atoms with Crippen LogP contribution in [-0.4, -0.2) is 26.6 Å². The summed E-state index contributed by atoms with van der Waals surface area (Å²) in [7, 11) is 0. The van der Waals surface area contributed by atoms with Crippen LogP contribution in [0.1, 0.15) is 41.7 Å². The van der Waals surface area contributed by atoms with Crippen LogP contribution in [0.25, 0.3) is 0 Å². The van der Waals surface area contributed by atoms with E-state index in [0.717, 1.165) is 5.69 Å². The standard InChI is InChI=1S/C25H24FNO4S/c26-18-9-7-17(8-10-18)21(29)12-13-23-24(20-11-6-16(15-28)14-22(20)30)27(25(32)31-23)19-4-2-1-3-5-19/h1-11,14,21,23-24,28-30H,12-13,15H2/t21?,23-,24-/m1/s1. The summed E-state index contributed by atoms with van der Waals surface area (Å²) in [6.07, 6.45) is -0.394. The van der Waals surface area contributed by atoms with E-state index < -0.39 is 18.2 Å². The number of ether oxygens (including phenoxy) is 1. The van der Waals surface area contributed by atoms with E-state index in [2.05, 4.69) is 0 Å². The first-order valence-corrected chi connectivity index (χ1v) is 10.8.